The van der Waals surface area contributed by atoms with Crippen LogP contribution in [0.2, 0.25) is 5.28 Å². The molecular formula is C43H42ClFN6O4. The normalized spacial score (nSPS) is 12.1. The summed E-state index contributed by atoms with van der Waals surface area (Å²) < 4.78 is 30.7. The summed E-state index contributed by atoms with van der Waals surface area (Å²) in [6.07, 6.45) is 0. The second kappa shape index (κ2) is 17.7. The number of carbonyl (C=O) groups is 1. The lowest BCUT2D eigenvalue weighted by Gasteiger charge is -2.23. The predicted molar refractivity (Wildman–Crippen MR) is 213 cm³/mol. The van der Waals surface area contributed by atoms with Gasteiger partial charge in [0.25, 0.3) is 5.91 Å². The topological polar surface area (TPSA) is 120 Å². The van der Waals surface area contributed by atoms with Gasteiger partial charge in [0, 0.05) is 11.6 Å². The molecule has 0 aliphatic carbocycles. The summed E-state index contributed by atoms with van der Waals surface area (Å²) in [4.78, 5) is 26.5. The Morgan fingerprint density at radius 2 is 1.20 bits per heavy atom. The maximum Gasteiger partial charge on any atom is 0.258 e. The molecule has 0 saturated heterocycles. The van der Waals surface area contributed by atoms with Gasteiger partial charge in [-0.2, -0.15) is 15.0 Å². The molecule has 0 radical (unpaired) electrons. The van der Waals surface area contributed by atoms with E-state index >= 15 is 0 Å². The zero-order valence-electron chi connectivity index (χ0n) is 31.1. The first-order valence-electron chi connectivity index (χ1n) is 17.7. The number of rotatable bonds is 15. The van der Waals surface area contributed by atoms with Gasteiger partial charge in [-0.3, -0.25) is 4.79 Å². The Balaban J connectivity index is 1.21. The monoisotopic (exact) mass is 760 g/mol. The van der Waals surface area contributed by atoms with E-state index in [1.165, 1.54) is 12.1 Å². The first-order chi connectivity index (χ1) is 26.6. The third kappa shape index (κ3) is 10.1. The smallest absolute Gasteiger partial charge is 0.258 e. The molecule has 3 N–H and O–H groups in total. The number of amides is 1. The Labute approximate surface area is 325 Å². The molecule has 0 fully saturated rings. The minimum atomic E-state index is -0.538. The zero-order valence-corrected chi connectivity index (χ0v) is 31.9. The number of methoxy groups -OCH3 is 2. The summed E-state index contributed by atoms with van der Waals surface area (Å²) in [5.41, 5.74) is 6.64. The number of halogens is 2. The number of ether oxygens (including phenoxy) is 3. The summed E-state index contributed by atoms with van der Waals surface area (Å²) in [5.74, 6) is 1.54. The molecule has 0 bridgehead atoms. The third-order valence-corrected chi connectivity index (χ3v) is 9.23. The van der Waals surface area contributed by atoms with Crippen LogP contribution in [-0.2, 0) is 4.79 Å². The van der Waals surface area contributed by atoms with Crippen molar-refractivity contribution in [2.24, 2.45) is 0 Å². The standard InChI is InChI=1S/C43H42ClFN6O4/c1-26-6-10-30(11-7-26)39(31-12-8-27(2)9-13-31)47-38(52)25-55-34-20-16-32(17-21-34)40(36-23-22-35(53-4)24-37(36)54-5)48-43-50-41(44)49-42(51-43)46-28(3)29-14-18-33(45)19-15-29/h6-24,28,39-40H,25H2,1-5H3,(H,47,52)(H2,46,48,49,50,51)/t28-,40?/m0/s1. The van der Waals surface area contributed by atoms with Gasteiger partial charge < -0.3 is 30.2 Å². The van der Waals surface area contributed by atoms with E-state index in [0.717, 1.165) is 38.9 Å². The summed E-state index contributed by atoms with van der Waals surface area (Å²) >= 11 is 6.39. The van der Waals surface area contributed by atoms with Gasteiger partial charge in [0.1, 0.15) is 23.1 Å². The fourth-order valence-corrected chi connectivity index (χ4v) is 6.18. The molecule has 10 nitrogen and oxygen atoms in total. The third-order valence-electron chi connectivity index (χ3n) is 9.06. The molecule has 5 aromatic carbocycles. The molecule has 1 amide bonds. The highest BCUT2D eigenvalue weighted by atomic mass is 35.5. The number of hydrogen-bond donors (Lipinski definition) is 3. The van der Waals surface area contributed by atoms with E-state index in [-0.39, 0.29) is 47.6 Å². The second-order valence-corrected chi connectivity index (χ2v) is 13.4. The minimum Gasteiger partial charge on any atom is -0.497 e. The Morgan fingerprint density at radius 3 is 1.78 bits per heavy atom. The van der Waals surface area contributed by atoms with Crippen LogP contribution in [0.1, 0.15) is 64.0 Å². The lowest BCUT2D eigenvalue weighted by Crippen LogP contribution is -2.33. The zero-order chi connectivity index (χ0) is 38.9. The molecule has 2 atom stereocenters. The van der Waals surface area contributed by atoms with Gasteiger partial charge in [0.05, 0.1) is 32.3 Å². The molecule has 0 saturated carbocycles. The average Bonchev–Trinajstić information content (AvgIpc) is 3.19. The van der Waals surface area contributed by atoms with Crippen molar-refractivity contribution in [1.29, 1.82) is 0 Å². The van der Waals surface area contributed by atoms with Crippen LogP contribution in [0.3, 0.4) is 0 Å². The molecule has 12 heteroatoms. The van der Waals surface area contributed by atoms with Crippen molar-refractivity contribution < 1.29 is 23.4 Å². The molecule has 1 aromatic heterocycles. The van der Waals surface area contributed by atoms with Gasteiger partial charge in [-0.05, 0) is 91.0 Å². The maximum absolute atomic E-state index is 13.5. The largest absolute Gasteiger partial charge is 0.497 e. The molecule has 1 unspecified atom stereocenters. The molecule has 0 aliphatic heterocycles. The van der Waals surface area contributed by atoms with Crippen molar-refractivity contribution in [1.82, 2.24) is 20.3 Å². The Bertz CT molecular complexity index is 2160. The molecule has 6 aromatic rings. The van der Waals surface area contributed by atoms with Gasteiger partial charge >= 0.3 is 0 Å². The fraction of sp³-hybridized carbons (Fsp3) is 0.209. The highest BCUT2D eigenvalue weighted by Gasteiger charge is 2.22. The first kappa shape index (κ1) is 38.5. The second-order valence-electron chi connectivity index (χ2n) is 13.0. The van der Waals surface area contributed by atoms with E-state index in [4.69, 9.17) is 25.8 Å². The first-order valence-corrected chi connectivity index (χ1v) is 18.0. The number of nitrogens with zero attached hydrogens (tertiary/aromatic N) is 3. The van der Waals surface area contributed by atoms with Crippen LogP contribution in [-0.4, -0.2) is 41.7 Å². The highest BCUT2D eigenvalue weighted by Crippen LogP contribution is 2.36. The molecule has 282 valence electrons. The maximum atomic E-state index is 13.5. The summed E-state index contributed by atoms with van der Waals surface area (Å²) in [6, 6.07) is 34.2. The lowest BCUT2D eigenvalue weighted by molar-refractivity contribution is -0.123. The van der Waals surface area contributed by atoms with Gasteiger partial charge in [0.15, 0.2) is 6.61 Å². The van der Waals surface area contributed by atoms with E-state index < -0.39 is 6.04 Å². The van der Waals surface area contributed by atoms with Crippen LogP contribution >= 0.6 is 11.6 Å². The Morgan fingerprint density at radius 1 is 0.673 bits per heavy atom. The van der Waals surface area contributed by atoms with E-state index in [0.29, 0.717) is 17.2 Å². The number of aromatic nitrogens is 3. The highest BCUT2D eigenvalue weighted by molar-refractivity contribution is 6.28. The van der Waals surface area contributed by atoms with Crippen molar-refractivity contribution in [3.05, 3.63) is 165 Å². The number of carbonyl (C=O) groups excluding carboxylic acids is 1. The number of aryl methyl sites for hydroxylation is 2. The average molecular weight is 761 g/mol. The van der Waals surface area contributed by atoms with Crippen LogP contribution in [0.5, 0.6) is 17.2 Å². The Hall–Kier alpha value is -6.20. The van der Waals surface area contributed by atoms with E-state index in [1.807, 2.05) is 93.6 Å². The molecule has 1 heterocycles. The molecule has 0 spiro atoms. The van der Waals surface area contributed by atoms with E-state index in [1.54, 1.807) is 44.6 Å². The van der Waals surface area contributed by atoms with Crippen molar-refractivity contribution in [2.45, 2.75) is 38.9 Å². The van der Waals surface area contributed by atoms with Crippen molar-refractivity contribution >= 4 is 29.4 Å². The number of hydrogen-bond acceptors (Lipinski definition) is 9. The van der Waals surface area contributed by atoms with Gasteiger partial charge in [-0.15, -0.1) is 0 Å². The van der Waals surface area contributed by atoms with Gasteiger partial charge in [0.2, 0.25) is 17.2 Å². The number of anilines is 2. The van der Waals surface area contributed by atoms with Crippen molar-refractivity contribution in [3.63, 3.8) is 0 Å². The van der Waals surface area contributed by atoms with E-state index in [2.05, 4.69) is 30.9 Å². The quantitative estimate of drug-likeness (QED) is 0.0943. The van der Waals surface area contributed by atoms with Crippen LogP contribution in [0.25, 0.3) is 0 Å². The van der Waals surface area contributed by atoms with Gasteiger partial charge in [-0.1, -0.05) is 83.9 Å². The van der Waals surface area contributed by atoms with Crippen LogP contribution in [0, 0.1) is 19.7 Å². The predicted octanol–water partition coefficient (Wildman–Crippen LogP) is 8.96. The summed E-state index contributed by atoms with van der Waals surface area (Å²) in [5, 5.41) is 9.72. The summed E-state index contributed by atoms with van der Waals surface area (Å²) in [6.45, 7) is 5.79. The summed E-state index contributed by atoms with van der Waals surface area (Å²) in [7, 11) is 3.17. The van der Waals surface area contributed by atoms with Crippen LogP contribution in [0.4, 0.5) is 16.3 Å². The minimum absolute atomic E-state index is 0.0271. The molecule has 6 rings (SSSR count). The van der Waals surface area contributed by atoms with Crippen LogP contribution in [0.15, 0.2) is 115 Å². The number of nitrogens with one attached hydrogen (secondary N) is 3. The lowest BCUT2D eigenvalue weighted by atomic mass is 9.97. The molecule has 55 heavy (non-hydrogen) atoms. The molecule has 0 aliphatic rings. The number of benzene rings is 5. The van der Waals surface area contributed by atoms with Crippen molar-refractivity contribution in [3.8, 4) is 17.2 Å². The van der Waals surface area contributed by atoms with E-state index in [9.17, 15) is 9.18 Å². The van der Waals surface area contributed by atoms with Crippen LogP contribution < -0.4 is 30.2 Å². The Kier molecular flexibility index (Phi) is 12.4. The SMILES string of the molecule is COc1ccc(C(Nc2nc(Cl)nc(N[C@@H](C)c3ccc(F)cc3)n2)c2ccc(OCC(=O)NC(c3ccc(C)cc3)c3ccc(C)cc3)cc2)c(OC)c1. The van der Waals surface area contributed by atoms with Crippen molar-refractivity contribution in [2.75, 3.05) is 31.5 Å². The molecular weight excluding hydrogens is 719 g/mol. The fourth-order valence-electron chi connectivity index (χ4n) is 6.02. The van der Waals surface area contributed by atoms with Gasteiger partial charge in [-0.25, -0.2) is 4.39 Å².